The molecule has 0 aliphatic heterocycles. The molecule has 3 N–H and O–H groups in total. The highest BCUT2D eigenvalue weighted by Crippen LogP contribution is 2.17. The maximum Gasteiger partial charge on any atom is 0.303 e. The van der Waals surface area contributed by atoms with Crippen LogP contribution in [0.25, 0.3) is 6.08 Å². The fourth-order valence-corrected chi connectivity index (χ4v) is 2.85. The monoisotopic (exact) mass is 464 g/mol. The van der Waals surface area contributed by atoms with E-state index in [1.54, 1.807) is 48.5 Å². The van der Waals surface area contributed by atoms with Crippen molar-refractivity contribution in [2.75, 3.05) is 6.54 Å². The minimum absolute atomic E-state index is 0.0402. The average molecular weight is 466 g/mol. The molecule has 0 heterocycles. The van der Waals surface area contributed by atoms with Gasteiger partial charge in [0.1, 0.15) is 5.70 Å². The molecule has 0 aliphatic rings. The number of carbonyl (C=O) groups excluding carboxylic acids is 2. The lowest BCUT2D eigenvalue weighted by Crippen LogP contribution is -2.35. The lowest BCUT2D eigenvalue weighted by molar-refractivity contribution is -0.137. The van der Waals surface area contributed by atoms with Crippen molar-refractivity contribution >= 4 is 51.4 Å². The van der Waals surface area contributed by atoms with E-state index in [-0.39, 0.29) is 25.1 Å². The molecule has 0 unspecified atom stereocenters. The summed E-state index contributed by atoms with van der Waals surface area (Å²) in [5, 5.41) is 14.5. The molecule has 2 aromatic carbocycles. The first kappa shape index (κ1) is 21.7. The third kappa shape index (κ3) is 6.83. The van der Waals surface area contributed by atoms with Gasteiger partial charge in [0.15, 0.2) is 0 Å². The van der Waals surface area contributed by atoms with E-state index >= 15 is 0 Å². The van der Waals surface area contributed by atoms with Crippen molar-refractivity contribution in [2.45, 2.75) is 12.8 Å². The predicted molar refractivity (Wildman–Crippen MR) is 111 cm³/mol. The minimum Gasteiger partial charge on any atom is -0.481 e. The van der Waals surface area contributed by atoms with Crippen LogP contribution in [0.3, 0.4) is 0 Å². The highest BCUT2D eigenvalue weighted by atomic mass is 79.9. The zero-order valence-electron chi connectivity index (χ0n) is 14.7. The molecule has 0 atom stereocenters. The first-order valence-corrected chi connectivity index (χ1v) is 9.57. The van der Waals surface area contributed by atoms with Crippen LogP contribution >= 0.6 is 27.5 Å². The number of benzene rings is 2. The Bertz CT molecular complexity index is 897. The molecule has 0 fully saturated rings. The summed E-state index contributed by atoms with van der Waals surface area (Å²) >= 11 is 9.19. The summed E-state index contributed by atoms with van der Waals surface area (Å²) in [5.74, 6) is -1.90. The molecule has 28 heavy (non-hydrogen) atoms. The van der Waals surface area contributed by atoms with E-state index in [9.17, 15) is 14.4 Å². The molecular weight excluding hydrogens is 448 g/mol. The van der Waals surface area contributed by atoms with E-state index < -0.39 is 17.8 Å². The predicted octanol–water partition coefficient (Wildman–Crippen LogP) is 3.85. The van der Waals surface area contributed by atoms with Gasteiger partial charge in [-0.2, -0.15) is 0 Å². The average Bonchev–Trinajstić information content (AvgIpc) is 2.66. The number of hydrogen-bond acceptors (Lipinski definition) is 3. The zero-order chi connectivity index (χ0) is 20.5. The van der Waals surface area contributed by atoms with E-state index in [1.807, 2.05) is 0 Å². The van der Waals surface area contributed by atoms with E-state index in [0.29, 0.717) is 20.6 Å². The molecule has 0 radical (unpaired) electrons. The number of carboxylic acids is 1. The first-order valence-electron chi connectivity index (χ1n) is 8.40. The lowest BCUT2D eigenvalue weighted by atomic mass is 10.1. The number of carboxylic acid groups (broad SMARTS) is 1. The molecule has 146 valence electrons. The van der Waals surface area contributed by atoms with Gasteiger partial charge in [0, 0.05) is 22.5 Å². The molecule has 2 aromatic rings. The Morgan fingerprint density at radius 3 is 2.39 bits per heavy atom. The van der Waals surface area contributed by atoms with Crippen LogP contribution in [0, 0.1) is 0 Å². The normalized spacial score (nSPS) is 11.0. The lowest BCUT2D eigenvalue weighted by Gasteiger charge is -2.12. The number of amides is 2. The van der Waals surface area contributed by atoms with Crippen LogP contribution in [0.2, 0.25) is 5.02 Å². The van der Waals surface area contributed by atoms with Gasteiger partial charge >= 0.3 is 5.97 Å². The van der Waals surface area contributed by atoms with E-state index in [2.05, 4.69) is 26.6 Å². The summed E-state index contributed by atoms with van der Waals surface area (Å²) in [7, 11) is 0. The van der Waals surface area contributed by atoms with Gasteiger partial charge in [-0.1, -0.05) is 35.9 Å². The third-order valence-electron chi connectivity index (χ3n) is 3.65. The second kappa shape index (κ2) is 10.6. The first-order chi connectivity index (χ1) is 13.4. The van der Waals surface area contributed by atoms with Gasteiger partial charge in [-0.25, -0.2) is 0 Å². The van der Waals surface area contributed by atoms with Crippen LogP contribution in [-0.2, 0) is 9.59 Å². The largest absolute Gasteiger partial charge is 0.481 e. The van der Waals surface area contributed by atoms with Crippen molar-refractivity contribution in [3.8, 4) is 0 Å². The maximum atomic E-state index is 12.6. The summed E-state index contributed by atoms with van der Waals surface area (Å²) < 4.78 is 0.597. The number of halogens is 2. The second-order valence-electron chi connectivity index (χ2n) is 5.80. The van der Waals surface area contributed by atoms with Crippen molar-refractivity contribution in [3.05, 3.63) is 74.9 Å². The smallest absolute Gasteiger partial charge is 0.303 e. The number of nitrogens with one attached hydrogen (secondary N) is 2. The van der Waals surface area contributed by atoms with Crippen molar-refractivity contribution in [3.63, 3.8) is 0 Å². The fraction of sp³-hybridized carbons (Fsp3) is 0.150. The molecule has 2 rings (SSSR count). The second-order valence-corrected chi connectivity index (χ2v) is 7.09. The van der Waals surface area contributed by atoms with Gasteiger partial charge in [-0.15, -0.1) is 0 Å². The highest BCUT2D eigenvalue weighted by molar-refractivity contribution is 9.10. The van der Waals surface area contributed by atoms with Crippen LogP contribution in [0.1, 0.15) is 28.8 Å². The van der Waals surface area contributed by atoms with Crippen LogP contribution in [0.4, 0.5) is 0 Å². The number of aliphatic carboxylic acids is 1. The van der Waals surface area contributed by atoms with Gasteiger partial charge in [-0.3, -0.25) is 14.4 Å². The maximum absolute atomic E-state index is 12.6. The molecule has 0 saturated carbocycles. The Labute approximate surface area is 175 Å². The molecular formula is C20H18BrClN2O4. The van der Waals surface area contributed by atoms with Gasteiger partial charge in [0.2, 0.25) is 0 Å². The van der Waals surface area contributed by atoms with Gasteiger partial charge in [0.25, 0.3) is 11.8 Å². The van der Waals surface area contributed by atoms with Crippen LogP contribution < -0.4 is 10.6 Å². The van der Waals surface area contributed by atoms with Crippen LogP contribution in [0.5, 0.6) is 0 Å². The Morgan fingerprint density at radius 1 is 1.07 bits per heavy atom. The highest BCUT2D eigenvalue weighted by Gasteiger charge is 2.16. The number of hydrogen-bond donors (Lipinski definition) is 3. The minimum atomic E-state index is -0.937. The molecule has 8 heteroatoms. The van der Waals surface area contributed by atoms with Crippen LogP contribution in [-0.4, -0.2) is 29.4 Å². The molecule has 0 aromatic heterocycles. The van der Waals surface area contributed by atoms with E-state index in [1.165, 1.54) is 6.08 Å². The molecule has 0 aliphatic carbocycles. The molecule has 0 bridgehead atoms. The molecule has 2 amide bonds. The Balaban J connectivity index is 2.19. The summed E-state index contributed by atoms with van der Waals surface area (Å²) in [5.41, 5.74) is 1.09. The van der Waals surface area contributed by atoms with Gasteiger partial charge in [-0.05, 0) is 58.3 Å². The van der Waals surface area contributed by atoms with Gasteiger partial charge < -0.3 is 15.7 Å². The van der Waals surface area contributed by atoms with Gasteiger partial charge in [0.05, 0.1) is 5.56 Å². The quantitative estimate of drug-likeness (QED) is 0.407. The molecule has 0 spiro atoms. The number of carbonyl (C=O) groups is 3. The third-order valence-corrected chi connectivity index (χ3v) is 4.59. The fourth-order valence-electron chi connectivity index (χ4n) is 2.26. The molecule has 0 saturated heterocycles. The van der Waals surface area contributed by atoms with E-state index in [0.717, 1.165) is 0 Å². The summed E-state index contributed by atoms with van der Waals surface area (Å²) in [6.07, 6.45) is 1.75. The summed E-state index contributed by atoms with van der Waals surface area (Å²) in [6.45, 7) is 0.175. The molecule has 6 nitrogen and oxygen atoms in total. The van der Waals surface area contributed by atoms with Crippen molar-refractivity contribution < 1.29 is 19.5 Å². The standard InChI is InChI=1S/C20H18BrClN2O4/c21-16-5-2-1-4-15(16)19(27)24-17(12-13-7-9-14(22)10-8-13)20(28)23-11-3-6-18(25)26/h1-2,4-5,7-10,12H,3,6,11H2,(H,23,28)(H,24,27)(H,25,26). The summed E-state index contributed by atoms with van der Waals surface area (Å²) in [4.78, 5) is 35.7. The zero-order valence-corrected chi connectivity index (χ0v) is 17.1. The van der Waals surface area contributed by atoms with E-state index in [4.69, 9.17) is 16.7 Å². The Kier molecular flexibility index (Phi) is 8.22. The van der Waals surface area contributed by atoms with Crippen molar-refractivity contribution in [1.29, 1.82) is 0 Å². The Morgan fingerprint density at radius 2 is 1.75 bits per heavy atom. The SMILES string of the molecule is O=C(O)CCCNC(=O)C(=Cc1ccc(Cl)cc1)NC(=O)c1ccccc1Br. The van der Waals surface area contributed by atoms with Crippen LogP contribution in [0.15, 0.2) is 58.7 Å². The topological polar surface area (TPSA) is 95.5 Å². The van der Waals surface area contributed by atoms with Crippen molar-refractivity contribution in [2.24, 2.45) is 0 Å². The van der Waals surface area contributed by atoms with Crippen molar-refractivity contribution in [1.82, 2.24) is 10.6 Å². The summed E-state index contributed by atoms with van der Waals surface area (Å²) in [6, 6.07) is 13.6. The Hall–Kier alpha value is -2.64. The number of rotatable bonds is 8.